The lowest BCUT2D eigenvalue weighted by molar-refractivity contribution is -0.132. The number of aromatic nitrogens is 1. The van der Waals surface area contributed by atoms with Crippen LogP contribution in [0.1, 0.15) is 33.8 Å². The van der Waals surface area contributed by atoms with Crippen LogP contribution in [0.15, 0.2) is 53.1 Å². The third-order valence-electron chi connectivity index (χ3n) is 5.78. The molecule has 7 heteroatoms. The Morgan fingerprint density at radius 3 is 2.38 bits per heavy atom. The Kier molecular flexibility index (Phi) is 6.35. The Bertz CT molecular complexity index is 1120. The summed E-state index contributed by atoms with van der Waals surface area (Å²) in [5, 5.41) is 0. The van der Waals surface area contributed by atoms with Crippen molar-refractivity contribution in [3.8, 4) is 11.3 Å². The van der Waals surface area contributed by atoms with Crippen molar-refractivity contribution < 1.29 is 18.4 Å². The first-order valence-electron chi connectivity index (χ1n) is 10.8. The Morgan fingerprint density at radius 1 is 1.00 bits per heavy atom. The minimum Gasteiger partial charge on any atom is -0.441 e. The first-order valence-corrected chi connectivity index (χ1v) is 10.8. The van der Waals surface area contributed by atoms with Gasteiger partial charge in [0.1, 0.15) is 5.82 Å². The molecule has 0 bridgehead atoms. The molecule has 2 aromatic carbocycles. The molecule has 0 aliphatic carbocycles. The highest BCUT2D eigenvalue weighted by Gasteiger charge is 2.25. The molecule has 3 aromatic rings. The standard InChI is InChI=1S/C25H26FN3O3/c1-17-3-6-19(7-4-17)22-16-27-23(32-22)9-10-24(30)28-11-13-29(14-12-28)25(31)20-8-5-18(2)21(26)15-20/h3-8,15-16H,9-14H2,1-2H3. The zero-order valence-corrected chi connectivity index (χ0v) is 18.3. The smallest absolute Gasteiger partial charge is 0.254 e. The average molecular weight is 435 g/mol. The molecule has 32 heavy (non-hydrogen) atoms. The molecular weight excluding hydrogens is 409 g/mol. The van der Waals surface area contributed by atoms with Crippen molar-refractivity contribution in [3.05, 3.63) is 77.1 Å². The van der Waals surface area contributed by atoms with Gasteiger partial charge in [0, 0.05) is 50.1 Å². The van der Waals surface area contributed by atoms with Gasteiger partial charge in [0.05, 0.1) is 6.20 Å². The highest BCUT2D eigenvalue weighted by Crippen LogP contribution is 2.21. The molecule has 0 radical (unpaired) electrons. The molecule has 1 saturated heterocycles. The summed E-state index contributed by atoms with van der Waals surface area (Å²) < 4.78 is 19.6. The van der Waals surface area contributed by atoms with Crippen LogP contribution >= 0.6 is 0 Å². The molecule has 0 atom stereocenters. The summed E-state index contributed by atoms with van der Waals surface area (Å²) in [7, 11) is 0. The lowest BCUT2D eigenvalue weighted by atomic mass is 10.1. The van der Waals surface area contributed by atoms with E-state index in [9.17, 15) is 14.0 Å². The number of carbonyl (C=O) groups excluding carboxylic acids is 2. The van der Waals surface area contributed by atoms with Crippen LogP contribution in [0.25, 0.3) is 11.3 Å². The zero-order valence-electron chi connectivity index (χ0n) is 18.3. The fraction of sp³-hybridized carbons (Fsp3) is 0.320. The monoisotopic (exact) mass is 435 g/mol. The fourth-order valence-electron chi connectivity index (χ4n) is 3.72. The minimum atomic E-state index is -0.387. The molecule has 166 valence electrons. The minimum absolute atomic E-state index is 0.00793. The number of rotatable bonds is 5. The van der Waals surface area contributed by atoms with Crippen LogP contribution in [0.3, 0.4) is 0 Å². The van der Waals surface area contributed by atoms with Gasteiger partial charge >= 0.3 is 0 Å². The van der Waals surface area contributed by atoms with Crippen molar-refractivity contribution in [3.63, 3.8) is 0 Å². The summed E-state index contributed by atoms with van der Waals surface area (Å²) in [4.78, 5) is 33.0. The summed E-state index contributed by atoms with van der Waals surface area (Å²) in [6.07, 6.45) is 2.40. The number of piperazine rings is 1. The van der Waals surface area contributed by atoms with E-state index in [1.165, 1.54) is 11.6 Å². The Labute approximate surface area is 186 Å². The van der Waals surface area contributed by atoms with Crippen molar-refractivity contribution >= 4 is 11.8 Å². The van der Waals surface area contributed by atoms with E-state index in [-0.39, 0.29) is 17.6 Å². The Balaban J connectivity index is 1.27. The molecule has 1 aliphatic rings. The molecule has 0 saturated carbocycles. The number of amides is 2. The highest BCUT2D eigenvalue weighted by molar-refractivity contribution is 5.94. The fourth-order valence-corrected chi connectivity index (χ4v) is 3.72. The SMILES string of the molecule is Cc1ccc(-c2cnc(CCC(=O)N3CCN(C(=O)c4ccc(C)c(F)c4)CC3)o2)cc1. The van der Waals surface area contributed by atoms with E-state index in [1.54, 1.807) is 35.1 Å². The molecule has 6 nitrogen and oxygen atoms in total. The number of nitrogens with zero attached hydrogens (tertiary/aromatic N) is 3. The van der Waals surface area contributed by atoms with Crippen LogP contribution in [-0.2, 0) is 11.2 Å². The van der Waals surface area contributed by atoms with Gasteiger partial charge in [-0.3, -0.25) is 9.59 Å². The second-order valence-corrected chi connectivity index (χ2v) is 8.12. The van der Waals surface area contributed by atoms with Crippen molar-refractivity contribution in [1.82, 2.24) is 14.8 Å². The molecule has 2 amide bonds. The number of halogens is 1. The highest BCUT2D eigenvalue weighted by atomic mass is 19.1. The van der Waals surface area contributed by atoms with Crippen molar-refractivity contribution in [2.75, 3.05) is 26.2 Å². The second-order valence-electron chi connectivity index (χ2n) is 8.12. The van der Waals surface area contributed by atoms with E-state index in [4.69, 9.17) is 4.42 Å². The Hall–Kier alpha value is -3.48. The number of aryl methyl sites for hydroxylation is 3. The average Bonchev–Trinajstić information content (AvgIpc) is 3.28. The number of oxazole rings is 1. The summed E-state index contributed by atoms with van der Waals surface area (Å²) >= 11 is 0. The maximum Gasteiger partial charge on any atom is 0.254 e. The molecule has 0 unspecified atom stereocenters. The van der Waals surface area contributed by atoms with Gasteiger partial charge in [-0.15, -0.1) is 0 Å². The van der Waals surface area contributed by atoms with Gasteiger partial charge in [0.25, 0.3) is 5.91 Å². The maximum atomic E-state index is 13.8. The number of hydrogen-bond donors (Lipinski definition) is 0. The van der Waals surface area contributed by atoms with Gasteiger partial charge in [0.2, 0.25) is 5.91 Å². The second kappa shape index (κ2) is 9.34. The first-order chi connectivity index (χ1) is 15.4. The van der Waals surface area contributed by atoms with E-state index >= 15 is 0 Å². The van der Waals surface area contributed by atoms with Crippen LogP contribution < -0.4 is 0 Å². The molecule has 1 aliphatic heterocycles. The molecule has 4 rings (SSSR count). The first kappa shape index (κ1) is 21.7. The molecule has 1 fully saturated rings. The molecule has 1 aromatic heterocycles. The lowest BCUT2D eigenvalue weighted by Gasteiger charge is -2.34. The van der Waals surface area contributed by atoms with Crippen molar-refractivity contribution in [1.29, 1.82) is 0 Å². The zero-order chi connectivity index (χ0) is 22.7. The van der Waals surface area contributed by atoms with E-state index in [1.807, 2.05) is 31.2 Å². The summed E-state index contributed by atoms with van der Waals surface area (Å²) in [6, 6.07) is 12.5. The number of carbonyl (C=O) groups is 2. The summed E-state index contributed by atoms with van der Waals surface area (Å²) in [5.74, 6) is 0.631. The van der Waals surface area contributed by atoms with Crippen LogP contribution in [0, 0.1) is 19.7 Å². The van der Waals surface area contributed by atoms with Gasteiger partial charge in [-0.1, -0.05) is 35.9 Å². The topological polar surface area (TPSA) is 66.7 Å². The third-order valence-corrected chi connectivity index (χ3v) is 5.78. The lowest BCUT2D eigenvalue weighted by Crippen LogP contribution is -2.50. The van der Waals surface area contributed by atoms with Gasteiger partial charge in [0.15, 0.2) is 11.7 Å². The predicted octanol–water partition coefficient (Wildman–Crippen LogP) is 4.01. The molecule has 0 spiro atoms. The number of hydrogen-bond acceptors (Lipinski definition) is 4. The van der Waals surface area contributed by atoms with E-state index in [0.717, 1.165) is 5.56 Å². The molecular formula is C25H26FN3O3. The van der Waals surface area contributed by atoms with Crippen LogP contribution in [-0.4, -0.2) is 52.8 Å². The van der Waals surface area contributed by atoms with Gasteiger partial charge in [-0.25, -0.2) is 9.37 Å². The van der Waals surface area contributed by atoms with Gasteiger partial charge < -0.3 is 14.2 Å². The van der Waals surface area contributed by atoms with Crippen molar-refractivity contribution in [2.24, 2.45) is 0 Å². The van der Waals surface area contributed by atoms with E-state index in [2.05, 4.69) is 4.98 Å². The van der Waals surface area contributed by atoms with Gasteiger partial charge in [-0.2, -0.15) is 0 Å². The van der Waals surface area contributed by atoms with Gasteiger partial charge in [-0.05, 0) is 31.5 Å². The maximum absolute atomic E-state index is 13.8. The molecule has 2 heterocycles. The van der Waals surface area contributed by atoms with Crippen molar-refractivity contribution in [2.45, 2.75) is 26.7 Å². The van der Waals surface area contributed by atoms with Crippen LogP contribution in [0.5, 0.6) is 0 Å². The summed E-state index contributed by atoms with van der Waals surface area (Å²) in [5.41, 5.74) is 2.97. The number of benzene rings is 2. The van der Waals surface area contributed by atoms with Crippen LogP contribution in [0.2, 0.25) is 0 Å². The predicted molar refractivity (Wildman–Crippen MR) is 119 cm³/mol. The largest absolute Gasteiger partial charge is 0.441 e. The Morgan fingerprint density at radius 2 is 1.69 bits per heavy atom. The summed E-state index contributed by atoms with van der Waals surface area (Å²) in [6.45, 7) is 5.46. The third kappa shape index (κ3) is 4.88. The van der Waals surface area contributed by atoms with E-state index < -0.39 is 0 Å². The van der Waals surface area contributed by atoms with Crippen LogP contribution in [0.4, 0.5) is 4.39 Å². The van der Waals surface area contributed by atoms with E-state index in [0.29, 0.717) is 61.8 Å². The quantitative estimate of drug-likeness (QED) is 0.607. The molecule has 0 N–H and O–H groups in total. The normalized spacial score (nSPS) is 14.0.